The number of ether oxygens (including phenoxy) is 1. The summed E-state index contributed by atoms with van der Waals surface area (Å²) in [5.74, 6) is 1.02. The Kier molecular flexibility index (Phi) is 3.41. The van der Waals surface area contributed by atoms with Crippen molar-refractivity contribution in [2.75, 3.05) is 6.61 Å². The first-order chi connectivity index (χ1) is 7.59. The number of halogens is 2. The highest BCUT2D eigenvalue weighted by Crippen LogP contribution is 2.28. The molecule has 0 aromatic heterocycles. The zero-order chi connectivity index (χ0) is 11.7. The molecule has 1 aliphatic rings. The van der Waals surface area contributed by atoms with Gasteiger partial charge in [-0.25, -0.2) is 4.99 Å². The predicted octanol–water partition coefficient (Wildman–Crippen LogP) is 3.79. The van der Waals surface area contributed by atoms with E-state index in [0.717, 1.165) is 0 Å². The summed E-state index contributed by atoms with van der Waals surface area (Å²) in [5, 5.41) is 1.16. The third-order valence-corrected chi connectivity index (χ3v) is 3.25. The van der Waals surface area contributed by atoms with Crippen molar-refractivity contribution < 1.29 is 4.74 Å². The standard InChI is InChI=1S/C12H13Cl2NO/c1-7(2)10-6-16-12(15-10)11-8(13)4-3-5-9(11)14/h3-5,7,10H,6H2,1-2H3. The van der Waals surface area contributed by atoms with E-state index in [1.165, 1.54) is 0 Å². The van der Waals surface area contributed by atoms with Crippen molar-refractivity contribution in [3.63, 3.8) is 0 Å². The SMILES string of the molecule is CC(C)C1COC(c2c(Cl)cccc2Cl)=N1. The van der Waals surface area contributed by atoms with Gasteiger partial charge in [-0.05, 0) is 18.1 Å². The van der Waals surface area contributed by atoms with E-state index in [9.17, 15) is 0 Å². The summed E-state index contributed by atoms with van der Waals surface area (Å²) < 4.78 is 5.56. The van der Waals surface area contributed by atoms with Gasteiger partial charge < -0.3 is 4.74 Å². The van der Waals surface area contributed by atoms with Crippen LogP contribution >= 0.6 is 23.2 Å². The van der Waals surface area contributed by atoms with E-state index >= 15 is 0 Å². The second-order valence-corrected chi connectivity index (χ2v) is 4.97. The molecule has 0 radical (unpaired) electrons. The number of hydrogen-bond acceptors (Lipinski definition) is 2. The molecule has 0 saturated heterocycles. The zero-order valence-corrected chi connectivity index (χ0v) is 10.7. The first-order valence-corrected chi connectivity index (χ1v) is 6.00. The van der Waals surface area contributed by atoms with E-state index in [2.05, 4.69) is 18.8 Å². The summed E-state index contributed by atoms with van der Waals surface area (Å²) >= 11 is 12.2. The van der Waals surface area contributed by atoms with Crippen molar-refractivity contribution in [2.24, 2.45) is 10.9 Å². The Hall–Kier alpha value is -0.730. The summed E-state index contributed by atoms with van der Waals surface area (Å²) in [6.45, 7) is 4.85. The van der Waals surface area contributed by atoms with Gasteiger partial charge in [-0.3, -0.25) is 0 Å². The summed E-state index contributed by atoms with van der Waals surface area (Å²) in [6, 6.07) is 5.58. The second kappa shape index (κ2) is 4.64. The zero-order valence-electron chi connectivity index (χ0n) is 9.21. The molecular weight excluding hydrogens is 245 g/mol. The Morgan fingerprint density at radius 1 is 1.31 bits per heavy atom. The van der Waals surface area contributed by atoms with Gasteiger partial charge in [-0.2, -0.15) is 0 Å². The maximum Gasteiger partial charge on any atom is 0.219 e. The average Bonchev–Trinajstić information content (AvgIpc) is 2.66. The smallest absolute Gasteiger partial charge is 0.219 e. The summed E-state index contributed by atoms with van der Waals surface area (Å²) in [7, 11) is 0. The van der Waals surface area contributed by atoms with E-state index in [1.807, 2.05) is 6.07 Å². The van der Waals surface area contributed by atoms with E-state index in [4.69, 9.17) is 27.9 Å². The molecule has 2 nitrogen and oxygen atoms in total. The van der Waals surface area contributed by atoms with Gasteiger partial charge in [0.25, 0.3) is 0 Å². The highest BCUT2D eigenvalue weighted by atomic mass is 35.5. The fourth-order valence-electron chi connectivity index (χ4n) is 1.57. The lowest BCUT2D eigenvalue weighted by Gasteiger charge is -2.06. The van der Waals surface area contributed by atoms with E-state index in [1.54, 1.807) is 12.1 Å². The molecule has 0 aliphatic carbocycles. The van der Waals surface area contributed by atoms with Gasteiger partial charge in [0, 0.05) is 0 Å². The molecule has 1 aromatic carbocycles. The summed E-state index contributed by atoms with van der Waals surface area (Å²) in [4.78, 5) is 4.50. The number of hydrogen-bond donors (Lipinski definition) is 0. The van der Waals surface area contributed by atoms with Crippen LogP contribution < -0.4 is 0 Å². The van der Waals surface area contributed by atoms with Crippen molar-refractivity contribution in [1.29, 1.82) is 0 Å². The topological polar surface area (TPSA) is 21.6 Å². The predicted molar refractivity (Wildman–Crippen MR) is 67.6 cm³/mol. The van der Waals surface area contributed by atoms with Crippen LogP contribution in [0.15, 0.2) is 23.2 Å². The quantitative estimate of drug-likeness (QED) is 0.790. The fourth-order valence-corrected chi connectivity index (χ4v) is 2.13. The van der Waals surface area contributed by atoms with E-state index in [0.29, 0.717) is 34.0 Å². The average molecular weight is 258 g/mol. The third kappa shape index (κ3) is 2.18. The number of aliphatic imine (C=N–C) groups is 1. The van der Waals surface area contributed by atoms with Gasteiger partial charge in [-0.1, -0.05) is 43.1 Å². The second-order valence-electron chi connectivity index (χ2n) is 4.15. The highest BCUT2D eigenvalue weighted by molar-refractivity contribution is 6.39. The van der Waals surface area contributed by atoms with Gasteiger partial charge in [0.05, 0.1) is 21.7 Å². The lowest BCUT2D eigenvalue weighted by Crippen LogP contribution is -2.13. The Bertz CT molecular complexity index is 409. The summed E-state index contributed by atoms with van der Waals surface area (Å²) in [6.07, 6.45) is 0. The number of rotatable bonds is 2. The molecule has 1 aromatic rings. The molecular formula is C12H13Cl2NO. The molecule has 1 atom stereocenters. The molecule has 16 heavy (non-hydrogen) atoms. The van der Waals surface area contributed by atoms with Gasteiger partial charge in [-0.15, -0.1) is 0 Å². The maximum atomic E-state index is 6.09. The Morgan fingerprint density at radius 3 is 2.44 bits per heavy atom. The minimum atomic E-state index is 0.197. The molecule has 1 heterocycles. The number of nitrogens with zero attached hydrogens (tertiary/aromatic N) is 1. The van der Waals surface area contributed by atoms with Crippen LogP contribution in [-0.4, -0.2) is 18.5 Å². The molecule has 1 aliphatic heterocycles. The first-order valence-electron chi connectivity index (χ1n) is 5.24. The molecule has 1 unspecified atom stereocenters. The molecule has 0 bridgehead atoms. The Balaban J connectivity index is 2.36. The lowest BCUT2D eigenvalue weighted by molar-refractivity contribution is 0.292. The largest absolute Gasteiger partial charge is 0.475 e. The van der Waals surface area contributed by atoms with E-state index in [-0.39, 0.29) is 6.04 Å². The highest BCUT2D eigenvalue weighted by Gasteiger charge is 2.25. The van der Waals surface area contributed by atoms with Crippen LogP contribution in [0, 0.1) is 5.92 Å². The summed E-state index contributed by atoms with van der Waals surface area (Å²) in [5.41, 5.74) is 0.703. The van der Waals surface area contributed by atoms with Gasteiger partial charge >= 0.3 is 0 Å². The van der Waals surface area contributed by atoms with Crippen molar-refractivity contribution in [2.45, 2.75) is 19.9 Å². The van der Waals surface area contributed by atoms with Crippen molar-refractivity contribution in [3.8, 4) is 0 Å². The lowest BCUT2D eigenvalue weighted by atomic mass is 10.1. The molecule has 0 spiro atoms. The van der Waals surface area contributed by atoms with Crippen LogP contribution in [-0.2, 0) is 4.74 Å². The molecule has 86 valence electrons. The normalized spacial score (nSPS) is 19.8. The Morgan fingerprint density at radius 2 is 1.94 bits per heavy atom. The third-order valence-electron chi connectivity index (χ3n) is 2.62. The Labute approximate surface area is 105 Å². The van der Waals surface area contributed by atoms with Crippen molar-refractivity contribution in [1.82, 2.24) is 0 Å². The van der Waals surface area contributed by atoms with Crippen LogP contribution in [0.2, 0.25) is 10.0 Å². The van der Waals surface area contributed by atoms with Crippen LogP contribution in [0.3, 0.4) is 0 Å². The molecule has 0 amide bonds. The molecule has 0 saturated carbocycles. The molecule has 2 rings (SSSR count). The molecule has 0 N–H and O–H groups in total. The monoisotopic (exact) mass is 257 g/mol. The van der Waals surface area contributed by atoms with Crippen LogP contribution in [0.1, 0.15) is 19.4 Å². The fraction of sp³-hybridized carbons (Fsp3) is 0.417. The van der Waals surface area contributed by atoms with Gasteiger partial charge in [0.2, 0.25) is 5.90 Å². The van der Waals surface area contributed by atoms with Crippen molar-refractivity contribution in [3.05, 3.63) is 33.8 Å². The van der Waals surface area contributed by atoms with Crippen molar-refractivity contribution >= 4 is 29.1 Å². The first kappa shape index (κ1) is 11.7. The van der Waals surface area contributed by atoms with Crippen LogP contribution in [0.5, 0.6) is 0 Å². The van der Waals surface area contributed by atoms with Gasteiger partial charge in [0.1, 0.15) is 6.61 Å². The van der Waals surface area contributed by atoms with Crippen LogP contribution in [0.25, 0.3) is 0 Å². The molecule has 4 heteroatoms. The number of benzene rings is 1. The minimum Gasteiger partial charge on any atom is -0.475 e. The minimum absolute atomic E-state index is 0.197. The maximum absolute atomic E-state index is 6.09. The van der Waals surface area contributed by atoms with Gasteiger partial charge in [0.15, 0.2) is 0 Å². The van der Waals surface area contributed by atoms with Crippen LogP contribution in [0.4, 0.5) is 0 Å². The van der Waals surface area contributed by atoms with E-state index < -0.39 is 0 Å². The molecule has 0 fully saturated rings.